The van der Waals surface area contributed by atoms with Crippen molar-refractivity contribution in [1.29, 1.82) is 0 Å². The van der Waals surface area contributed by atoms with E-state index in [0.717, 1.165) is 44.1 Å². The minimum Gasteiger partial charge on any atom is -0.355 e. The van der Waals surface area contributed by atoms with Crippen molar-refractivity contribution in [2.24, 2.45) is 0 Å². The predicted molar refractivity (Wildman–Crippen MR) is 496 cm³/mol. The van der Waals surface area contributed by atoms with Gasteiger partial charge in [-0.05, 0) is 267 Å². The molecule has 0 saturated carbocycles. The number of aromatic amines is 8. The number of nitrogens with zero attached hydrogens (tertiary/aromatic N) is 8. The Balaban J connectivity index is 0.000000115. The second-order valence-electron chi connectivity index (χ2n) is 32.1. The van der Waals surface area contributed by atoms with E-state index in [2.05, 4.69) is 79.7 Å². The van der Waals surface area contributed by atoms with E-state index >= 15 is 0 Å². The third-order valence-corrected chi connectivity index (χ3v) is 22.6. The first-order valence-electron chi connectivity index (χ1n) is 41.8. The standard InChI is InChI=1S/4C26H13F5N4.Pt/c4*27-22-21(23(28)25(30)26(31)24(22)29)19-10-18-9-16-4-3-14(33-16)7-12-1-2-13(32-12)8-15-5-6-17(34-15)11-20(19)35-18;/h4*1-11,32,35H;. The van der Waals surface area contributed by atoms with Crippen LogP contribution < -0.4 is 0 Å². The van der Waals surface area contributed by atoms with Crippen LogP contribution in [0, 0.1) is 116 Å². The average Bonchev–Trinajstić information content (AvgIpc) is 1.64. The molecule has 0 atom stereocenters. The third kappa shape index (κ3) is 18.0. The van der Waals surface area contributed by atoms with E-state index in [1.54, 1.807) is 121 Å². The molecule has 37 heteroatoms. The quantitative estimate of drug-likeness (QED) is 0.0479. The Bertz CT molecular complexity index is 7980. The second-order valence-corrected chi connectivity index (χ2v) is 32.1. The Labute approximate surface area is 791 Å². The molecule has 141 heavy (non-hydrogen) atoms. The van der Waals surface area contributed by atoms with Gasteiger partial charge < -0.3 is 39.9 Å². The fourth-order valence-electron chi connectivity index (χ4n) is 16.3. The number of fused-ring (bicyclic) bond motifs is 32. The van der Waals surface area contributed by atoms with E-state index in [-0.39, 0.29) is 65.4 Å². The van der Waals surface area contributed by atoms with Crippen LogP contribution in [0.2, 0.25) is 0 Å². The van der Waals surface area contributed by atoms with Crippen LogP contribution in [0.15, 0.2) is 170 Å². The van der Waals surface area contributed by atoms with E-state index in [1.165, 1.54) is 48.5 Å². The Morgan fingerprint density at radius 1 is 0.128 bits per heavy atom. The van der Waals surface area contributed by atoms with Gasteiger partial charge in [-0.3, -0.25) is 0 Å². The van der Waals surface area contributed by atoms with E-state index in [4.69, 9.17) is 0 Å². The molecule has 16 aromatic rings. The maximum absolute atomic E-state index is 14.7. The van der Waals surface area contributed by atoms with Gasteiger partial charge in [-0.2, -0.15) is 0 Å². The number of nitrogens with one attached hydrogen (secondary N) is 8. The summed E-state index contributed by atoms with van der Waals surface area (Å²) in [4.78, 5) is 60.8. The van der Waals surface area contributed by atoms with Crippen molar-refractivity contribution >= 4 is 185 Å². The summed E-state index contributed by atoms with van der Waals surface area (Å²) in [5.74, 6) is -40.3. The molecule has 8 aliphatic rings. The number of benzene rings is 4. The minimum absolute atomic E-state index is 0. The first-order valence-corrected chi connectivity index (χ1v) is 41.8. The molecule has 0 aliphatic carbocycles. The maximum Gasteiger partial charge on any atom is 0.200 e. The van der Waals surface area contributed by atoms with Crippen molar-refractivity contribution in [3.8, 4) is 44.5 Å². The van der Waals surface area contributed by atoms with Crippen LogP contribution in [-0.2, 0) is 21.1 Å². The molecule has 8 aliphatic heterocycles. The number of hydrogen-bond donors (Lipinski definition) is 8. The SMILES string of the molecule is Fc1c(F)c(F)c(-c2cc3cc4nc(cc5ccc(cc6nc(cc2[nH]3)C=C6)[nH]5)C=C4)c(F)c1F.Fc1c(F)c(F)c(-c2cc3cc4nc(cc5ccc(cc6nc(cc2[nH]3)C=C6)[nH]5)C=C4)c(F)c1F.Fc1c(F)c(F)c(-c2cc3cc4nc(cc5ccc(cc6nc(cc2[nH]3)C=C6)[nH]5)C=C4)c(F)c1F.Fc1c(F)c(F)c(-c2cc3cc4nc(cc5ccc(cc6nc(cc2[nH]3)C=C6)[nH]5)C=C4)c(F)c1F.[Pt]. The van der Waals surface area contributed by atoms with Crippen molar-refractivity contribution in [3.63, 3.8) is 0 Å². The summed E-state index contributed by atoms with van der Waals surface area (Å²) in [6, 6.07) is 47.4. The zero-order valence-corrected chi connectivity index (χ0v) is 73.1. The molecule has 0 fully saturated rings. The van der Waals surface area contributed by atoms with Gasteiger partial charge in [-0.25, -0.2) is 128 Å². The minimum atomic E-state index is -2.21. The van der Waals surface area contributed by atoms with Crippen molar-refractivity contribution < 1.29 is 109 Å². The molecule has 24 rings (SSSR count). The molecule has 8 N–H and O–H groups in total. The third-order valence-electron chi connectivity index (χ3n) is 22.6. The zero-order valence-electron chi connectivity index (χ0n) is 70.9. The molecule has 12 aromatic heterocycles. The van der Waals surface area contributed by atoms with Crippen molar-refractivity contribution in [3.05, 3.63) is 377 Å². The fourth-order valence-corrected chi connectivity index (χ4v) is 16.3. The van der Waals surface area contributed by atoms with Gasteiger partial charge >= 0.3 is 0 Å². The Hall–Kier alpha value is -17.4. The molecule has 4 aromatic carbocycles. The van der Waals surface area contributed by atoms with Crippen LogP contribution in [0.4, 0.5) is 87.8 Å². The second kappa shape index (κ2) is 36.6. The largest absolute Gasteiger partial charge is 0.355 e. The molecular formula is C104H52F20N16Pt. The summed E-state index contributed by atoms with van der Waals surface area (Å²) >= 11 is 0. The van der Waals surface area contributed by atoms with Crippen LogP contribution in [-0.4, -0.2) is 79.7 Å². The Kier molecular flexibility index (Phi) is 23.7. The van der Waals surface area contributed by atoms with E-state index in [0.29, 0.717) is 113 Å². The molecule has 0 radical (unpaired) electrons. The van der Waals surface area contributed by atoms with E-state index < -0.39 is 139 Å². The van der Waals surface area contributed by atoms with Gasteiger partial charge in [-0.1, -0.05) is 0 Å². The summed E-state index contributed by atoms with van der Waals surface area (Å²) in [5.41, 5.74) is 12.5. The molecule has 698 valence electrons. The van der Waals surface area contributed by atoms with Gasteiger partial charge in [0.2, 0.25) is 23.3 Å². The molecule has 0 saturated heterocycles. The van der Waals surface area contributed by atoms with Gasteiger partial charge in [0.25, 0.3) is 0 Å². The molecule has 0 unspecified atom stereocenters. The molecular weight excluding hydrogens is 2050 g/mol. The first-order chi connectivity index (χ1) is 67.4. The van der Waals surface area contributed by atoms with Crippen LogP contribution in [0.5, 0.6) is 0 Å². The van der Waals surface area contributed by atoms with Crippen LogP contribution >= 0.6 is 0 Å². The van der Waals surface area contributed by atoms with E-state index in [9.17, 15) is 87.8 Å². The van der Waals surface area contributed by atoms with Gasteiger partial charge in [0, 0.05) is 132 Å². The number of aromatic nitrogens is 16. The molecule has 20 heterocycles. The maximum atomic E-state index is 14.7. The summed E-state index contributed by atoms with van der Waals surface area (Å²) in [6.45, 7) is 0. The Morgan fingerprint density at radius 2 is 0.241 bits per heavy atom. The smallest absolute Gasteiger partial charge is 0.200 e. The van der Waals surface area contributed by atoms with Crippen LogP contribution in [0.3, 0.4) is 0 Å². The topological polar surface area (TPSA) is 229 Å². The number of halogens is 20. The van der Waals surface area contributed by atoms with Crippen molar-refractivity contribution in [2.45, 2.75) is 0 Å². The summed E-state index contributed by atoms with van der Waals surface area (Å²) in [5, 5.41) is 0. The van der Waals surface area contributed by atoms with Crippen molar-refractivity contribution in [1.82, 2.24) is 79.7 Å². The normalized spacial score (nSPS) is 12.4. The molecule has 0 amide bonds. The first kappa shape index (κ1) is 91.3. The van der Waals surface area contributed by atoms with Gasteiger partial charge in [0.1, 0.15) is 0 Å². The molecule has 32 bridgehead atoms. The van der Waals surface area contributed by atoms with Gasteiger partial charge in [0.15, 0.2) is 93.1 Å². The number of hydrogen-bond acceptors (Lipinski definition) is 8. The summed E-state index contributed by atoms with van der Waals surface area (Å²) in [7, 11) is 0. The average molecular weight is 2100 g/mol. The van der Waals surface area contributed by atoms with Crippen molar-refractivity contribution in [2.75, 3.05) is 0 Å². The monoisotopic (exact) mass is 2100 g/mol. The van der Waals surface area contributed by atoms with E-state index in [1.807, 2.05) is 97.1 Å². The predicted octanol–water partition coefficient (Wildman–Crippen LogP) is 28.1. The molecule has 16 nitrogen and oxygen atoms in total. The fraction of sp³-hybridized carbons (Fsp3) is 0. The number of rotatable bonds is 4. The Morgan fingerprint density at radius 3 is 0.376 bits per heavy atom. The molecule has 0 spiro atoms. The van der Waals surface area contributed by atoms with Crippen LogP contribution in [0.25, 0.3) is 230 Å². The summed E-state index contributed by atoms with van der Waals surface area (Å²) < 4.78 is 284. The van der Waals surface area contributed by atoms with Gasteiger partial charge in [0.05, 0.1) is 113 Å². The zero-order chi connectivity index (χ0) is 97.1. The van der Waals surface area contributed by atoms with Crippen LogP contribution in [0.1, 0.15) is 91.1 Å². The summed E-state index contributed by atoms with van der Waals surface area (Å²) in [6.07, 6.45) is 27.8. The number of H-pyrrole nitrogens is 8. The van der Waals surface area contributed by atoms with Gasteiger partial charge in [-0.15, -0.1) is 0 Å².